The van der Waals surface area contributed by atoms with E-state index in [1.54, 1.807) is 7.11 Å². The van der Waals surface area contributed by atoms with E-state index < -0.39 is 0 Å². The summed E-state index contributed by atoms with van der Waals surface area (Å²) >= 11 is 0. The van der Waals surface area contributed by atoms with E-state index >= 15 is 0 Å². The lowest BCUT2D eigenvalue weighted by Gasteiger charge is -2.32. The summed E-state index contributed by atoms with van der Waals surface area (Å²) in [6, 6.07) is 17.0. The number of hydrogen-bond donors (Lipinski definition) is 0. The summed E-state index contributed by atoms with van der Waals surface area (Å²) in [4.78, 5) is 7.11. The molecule has 3 nitrogen and oxygen atoms in total. The first-order valence-electron chi connectivity index (χ1n) is 8.02. The molecular formula is C20H20N2O. The summed E-state index contributed by atoms with van der Waals surface area (Å²) < 4.78 is 5.38. The summed E-state index contributed by atoms with van der Waals surface area (Å²) in [6.45, 7) is 4.02. The average Bonchev–Trinajstić information content (AvgIpc) is 2.60. The van der Waals surface area contributed by atoms with Gasteiger partial charge in [-0.1, -0.05) is 24.3 Å². The number of hydrogen-bond acceptors (Lipinski definition) is 3. The minimum Gasteiger partial charge on any atom is -0.497 e. The minimum atomic E-state index is 0.917. The number of aromatic nitrogens is 1. The third kappa shape index (κ3) is 2.52. The van der Waals surface area contributed by atoms with Gasteiger partial charge in [-0.3, -0.25) is 4.98 Å². The summed E-state index contributed by atoms with van der Waals surface area (Å²) in [5, 5.41) is 1.23. The minimum absolute atomic E-state index is 0.917. The molecule has 116 valence electrons. The Morgan fingerprint density at radius 1 is 1.04 bits per heavy atom. The van der Waals surface area contributed by atoms with Crippen LogP contribution in [-0.2, 0) is 13.0 Å². The van der Waals surface area contributed by atoms with E-state index in [2.05, 4.69) is 65.3 Å². The molecule has 23 heavy (non-hydrogen) atoms. The summed E-state index contributed by atoms with van der Waals surface area (Å²) in [5.41, 5.74) is 6.20. The van der Waals surface area contributed by atoms with Crippen LogP contribution in [0.4, 0.5) is 5.69 Å². The van der Waals surface area contributed by atoms with Gasteiger partial charge in [0.1, 0.15) is 5.75 Å². The molecule has 0 amide bonds. The zero-order valence-electron chi connectivity index (χ0n) is 13.5. The van der Waals surface area contributed by atoms with E-state index in [-0.39, 0.29) is 0 Å². The molecule has 1 aromatic heterocycles. The van der Waals surface area contributed by atoms with Gasteiger partial charge in [-0.25, -0.2) is 0 Å². The standard InChI is InChI=1S/C20H20N2O/c1-14-11-20(18-5-3-4-6-19(18)21-14)22-10-9-15-7-8-17(23-2)12-16(15)13-22/h3-8,11-12H,9-10,13H2,1-2H3. The fraction of sp³-hybridized carbons (Fsp3) is 0.250. The highest BCUT2D eigenvalue weighted by Crippen LogP contribution is 2.32. The molecule has 2 heterocycles. The molecule has 0 fully saturated rings. The van der Waals surface area contributed by atoms with Crippen molar-refractivity contribution in [2.45, 2.75) is 19.9 Å². The van der Waals surface area contributed by atoms with Crippen molar-refractivity contribution in [2.24, 2.45) is 0 Å². The van der Waals surface area contributed by atoms with Gasteiger partial charge in [0.2, 0.25) is 0 Å². The normalized spacial score (nSPS) is 13.9. The molecule has 1 aliphatic rings. The van der Waals surface area contributed by atoms with Crippen LogP contribution in [0.3, 0.4) is 0 Å². The van der Waals surface area contributed by atoms with Crippen molar-refractivity contribution in [3.63, 3.8) is 0 Å². The Labute approximate surface area is 136 Å². The smallest absolute Gasteiger partial charge is 0.119 e. The zero-order valence-corrected chi connectivity index (χ0v) is 13.5. The predicted octanol–water partition coefficient (Wildman–Crippen LogP) is 4.11. The first kappa shape index (κ1) is 14.1. The SMILES string of the molecule is COc1ccc2c(c1)CN(c1cc(C)nc3ccccc13)CC2. The number of pyridine rings is 1. The van der Waals surface area contributed by atoms with Gasteiger partial charge in [-0.2, -0.15) is 0 Å². The van der Waals surface area contributed by atoms with Crippen LogP contribution in [-0.4, -0.2) is 18.6 Å². The van der Waals surface area contributed by atoms with Crippen LogP contribution in [0.15, 0.2) is 48.5 Å². The Kier molecular flexibility index (Phi) is 3.41. The monoisotopic (exact) mass is 304 g/mol. The van der Waals surface area contributed by atoms with Gasteiger partial charge < -0.3 is 9.64 Å². The van der Waals surface area contributed by atoms with E-state index in [0.717, 1.165) is 36.5 Å². The van der Waals surface area contributed by atoms with Gasteiger partial charge in [0.05, 0.1) is 12.6 Å². The first-order valence-corrected chi connectivity index (χ1v) is 8.02. The van der Waals surface area contributed by atoms with Gasteiger partial charge in [-0.05, 0) is 48.7 Å². The third-order valence-corrected chi connectivity index (χ3v) is 4.59. The molecule has 4 rings (SSSR count). The van der Waals surface area contributed by atoms with Gasteiger partial charge >= 0.3 is 0 Å². The molecular weight excluding hydrogens is 284 g/mol. The molecule has 0 aliphatic carbocycles. The molecule has 3 aromatic rings. The second kappa shape index (κ2) is 5.58. The highest BCUT2D eigenvalue weighted by Gasteiger charge is 2.19. The summed E-state index contributed by atoms with van der Waals surface area (Å²) in [5.74, 6) is 0.932. The maximum absolute atomic E-state index is 5.38. The van der Waals surface area contributed by atoms with Crippen LogP contribution in [0.25, 0.3) is 10.9 Å². The van der Waals surface area contributed by atoms with E-state index in [0.29, 0.717) is 0 Å². The first-order chi connectivity index (χ1) is 11.2. The van der Waals surface area contributed by atoms with Crippen molar-refractivity contribution in [1.82, 2.24) is 4.98 Å². The van der Waals surface area contributed by atoms with E-state index in [4.69, 9.17) is 4.74 Å². The maximum Gasteiger partial charge on any atom is 0.119 e. The summed E-state index contributed by atoms with van der Waals surface area (Å²) in [6.07, 6.45) is 1.06. The van der Waals surface area contributed by atoms with Gasteiger partial charge in [0.15, 0.2) is 0 Å². The highest BCUT2D eigenvalue weighted by atomic mass is 16.5. The largest absolute Gasteiger partial charge is 0.497 e. The zero-order chi connectivity index (χ0) is 15.8. The van der Waals surface area contributed by atoms with Crippen molar-refractivity contribution in [3.05, 3.63) is 65.4 Å². The predicted molar refractivity (Wildman–Crippen MR) is 94.2 cm³/mol. The Morgan fingerprint density at radius 3 is 2.78 bits per heavy atom. The Balaban J connectivity index is 1.77. The Hall–Kier alpha value is -2.55. The van der Waals surface area contributed by atoms with E-state index in [1.807, 2.05) is 0 Å². The summed E-state index contributed by atoms with van der Waals surface area (Å²) in [7, 11) is 1.72. The lowest BCUT2D eigenvalue weighted by Crippen LogP contribution is -2.30. The van der Waals surface area contributed by atoms with Gasteiger partial charge in [0.25, 0.3) is 0 Å². The average molecular weight is 304 g/mol. The number of fused-ring (bicyclic) bond motifs is 2. The third-order valence-electron chi connectivity index (χ3n) is 4.59. The molecule has 0 N–H and O–H groups in total. The molecule has 0 radical (unpaired) electrons. The Morgan fingerprint density at radius 2 is 1.91 bits per heavy atom. The van der Waals surface area contributed by atoms with Crippen LogP contribution < -0.4 is 9.64 Å². The van der Waals surface area contributed by atoms with E-state index in [9.17, 15) is 0 Å². The lowest BCUT2D eigenvalue weighted by molar-refractivity contribution is 0.413. The fourth-order valence-corrected chi connectivity index (χ4v) is 3.41. The second-order valence-electron chi connectivity index (χ2n) is 6.11. The molecule has 0 bridgehead atoms. The molecule has 3 heteroatoms. The van der Waals surface area contributed by atoms with Crippen molar-refractivity contribution in [3.8, 4) is 5.75 Å². The van der Waals surface area contributed by atoms with E-state index in [1.165, 1.54) is 22.2 Å². The maximum atomic E-state index is 5.38. The lowest BCUT2D eigenvalue weighted by atomic mass is 9.98. The van der Waals surface area contributed by atoms with Crippen LogP contribution in [0.5, 0.6) is 5.75 Å². The van der Waals surface area contributed by atoms with Crippen LogP contribution in [0, 0.1) is 6.92 Å². The van der Waals surface area contributed by atoms with Crippen molar-refractivity contribution >= 4 is 16.6 Å². The second-order valence-corrected chi connectivity index (χ2v) is 6.11. The fourth-order valence-electron chi connectivity index (χ4n) is 3.41. The quantitative estimate of drug-likeness (QED) is 0.712. The Bertz CT molecular complexity index is 873. The van der Waals surface area contributed by atoms with Crippen LogP contribution >= 0.6 is 0 Å². The molecule has 0 saturated heterocycles. The number of methoxy groups -OCH3 is 1. The number of ether oxygens (including phenoxy) is 1. The molecule has 1 aliphatic heterocycles. The van der Waals surface area contributed by atoms with Gasteiger partial charge in [-0.15, -0.1) is 0 Å². The van der Waals surface area contributed by atoms with Gasteiger partial charge in [0, 0.05) is 29.9 Å². The highest BCUT2D eigenvalue weighted by molar-refractivity contribution is 5.92. The van der Waals surface area contributed by atoms with Crippen molar-refractivity contribution in [1.29, 1.82) is 0 Å². The molecule has 2 aromatic carbocycles. The molecule has 0 atom stereocenters. The molecule has 0 unspecified atom stereocenters. The number of aryl methyl sites for hydroxylation is 1. The van der Waals surface area contributed by atoms with Crippen LogP contribution in [0.2, 0.25) is 0 Å². The number of nitrogens with zero attached hydrogens (tertiary/aromatic N) is 2. The topological polar surface area (TPSA) is 25.4 Å². The van der Waals surface area contributed by atoms with Crippen molar-refractivity contribution < 1.29 is 4.74 Å². The van der Waals surface area contributed by atoms with Crippen LogP contribution in [0.1, 0.15) is 16.8 Å². The number of rotatable bonds is 2. The molecule has 0 saturated carbocycles. The number of benzene rings is 2. The molecule has 0 spiro atoms. The van der Waals surface area contributed by atoms with Crippen molar-refractivity contribution in [2.75, 3.05) is 18.6 Å². The number of anilines is 1. The number of para-hydroxylation sites is 1.